The van der Waals surface area contributed by atoms with E-state index in [4.69, 9.17) is 21.3 Å². The summed E-state index contributed by atoms with van der Waals surface area (Å²) in [6, 6.07) is 20.9. The zero-order chi connectivity index (χ0) is 26.5. The molecule has 194 valence electrons. The summed E-state index contributed by atoms with van der Waals surface area (Å²) in [6.07, 6.45) is 1.85. The largest absolute Gasteiger partial charge is 0.325 e. The third kappa shape index (κ3) is 5.87. The molecule has 2 heterocycles. The van der Waals surface area contributed by atoms with Crippen LogP contribution >= 0.6 is 11.6 Å². The fourth-order valence-electron chi connectivity index (χ4n) is 3.98. The number of anilines is 2. The van der Waals surface area contributed by atoms with Gasteiger partial charge >= 0.3 is 0 Å². The quantitative estimate of drug-likeness (QED) is 0.339. The standard InChI is InChI=1S/C26H24ClN7O4/c1-18(35)20-7-10-22(11-8-20)29-26(36)25(13-19-5-3-2-4-6-19)34-17-37-33(16-38-34)24-14-21(27)9-12-23(24)32-15-28-30-31-32/h2-12,14-15,25H,13,16-17H2,1H3,(H,29,36). The van der Waals surface area contributed by atoms with Gasteiger partial charge in [0, 0.05) is 16.3 Å². The number of tetrazole rings is 1. The van der Waals surface area contributed by atoms with Gasteiger partial charge in [-0.25, -0.2) is 5.06 Å². The van der Waals surface area contributed by atoms with E-state index in [2.05, 4.69) is 20.8 Å². The monoisotopic (exact) mass is 533 g/mol. The highest BCUT2D eigenvalue weighted by Crippen LogP contribution is 2.30. The van der Waals surface area contributed by atoms with E-state index < -0.39 is 6.04 Å². The molecule has 0 saturated carbocycles. The first kappa shape index (κ1) is 25.5. The maximum absolute atomic E-state index is 13.4. The van der Waals surface area contributed by atoms with Crippen molar-refractivity contribution in [2.24, 2.45) is 0 Å². The second-order valence-electron chi connectivity index (χ2n) is 8.53. The Balaban J connectivity index is 1.33. The second kappa shape index (κ2) is 11.5. The first-order valence-corrected chi connectivity index (χ1v) is 12.1. The number of carbonyl (C=O) groups is 2. The molecule has 1 amide bonds. The van der Waals surface area contributed by atoms with Gasteiger partial charge in [-0.15, -0.1) is 10.2 Å². The summed E-state index contributed by atoms with van der Waals surface area (Å²) >= 11 is 6.25. The summed E-state index contributed by atoms with van der Waals surface area (Å²) in [5.74, 6) is -0.324. The highest BCUT2D eigenvalue weighted by atomic mass is 35.5. The molecule has 38 heavy (non-hydrogen) atoms. The summed E-state index contributed by atoms with van der Waals surface area (Å²) in [7, 11) is 0. The Labute approximate surface area is 223 Å². The van der Waals surface area contributed by atoms with E-state index in [1.165, 1.54) is 28.1 Å². The molecule has 1 atom stereocenters. The summed E-state index contributed by atoms with van der Waals surface area (Å²) in [5.41, 5.74) is 3.34. The highest BCUT2D eigenvalue weighted by molar-refractivity contribution is 6.31. The molecule has 5 rings (SSSR count). The van der Waals surface area contributed by atoms with Gasteiger partial charge in [-0.3, -0.25) is 19.3 Å². The number of ketones is 1. The van der Waals surface area contributed by atoms with Gasteiger partial charge in [0.05, 0.1) is 11.4 Å². The van der Waals surface area contributed by atoms with E-state index in [9.17, 15) is 9.59 Å². The fraction of sp³-hybridized carbons (Fsp3) is 0.192. The number of benzene rings is 3. The van der Waals surface area contributed by atoms with Gasteiger partial charge in [0.25, 0.3) is 0 Å². The lowest BCUT2D eigenvalue weighted by Crippen LogP contribution is -2.52. The van der Waals surface area contributed by atoms with Crippen molar-refractivity contribution < 1.29 is 19.3 Å². The topological polar surface area (TPSA) is 115 Å². The van der Waals surface area contributed by atoms with Gasteiger partial charge < -0.3 is 5.32 Å². The minimum Gasteiger partial charge on any atom is -0.325 e. The molecule has 1 fully saturated rings. The maximum atomic E-state index is 13.4. The number of nitrogens with zero attached hydrogens (tertiary/aromatic N) is 6. The van der Waals surface area contributed by atoms with E-state index >= 15 is 0 Å². The summed E-state index contributed by atoms with van der Waals surface area (Å²) in [5, 5.41) is 17.8. The Morgan fingerprint density at radius 1 is 1.00 bits per heavy atom. The van der Waals surface area contributed by atoms with Crippen molar-refractivity contribution in [3.63, 3.8) is 0 Å². The molecule has 1 unspecified atom stereocenters. The zero-order valence-corrected chi connectivity index (χ0v) is 21.2. The molecule has 1 aromatic heterocycles. The molecule has 0 bridgehead atoms. The maximum Gasteiger partial charge on any atom is 0.244 e. The lowest BCUT2D eigenvalue weighted by atomic mass is 10.0. The van der Waals surface area contributed by atoms with E-state index in [1.54, 1.807) is 42.5 Å². The van der Waals surface area contributed by atoms with Crippen LogP contribution in [0.2, 0.25) is 5.02 Å². The molecule has 1 aliphatic rings. The Morgan fingerprint density at radius 3 is 2.45 bits per heavy atom. The summed E-state index contributed by atoms with van der Waals surface area (Å²) in [6.45, 7) is 1.45. The average Bonchev–Trinajstić information content (AvgIpc) is 3.47. The molecule has 0 aliphatic carbocycles. The Kier molecular flexibility index (Phi) is 7.70. The SMILES string of the molecule is CC(=O)c1ccc(NC(=O)C(Cc2ccccc2)N2CON(c3cc(Cl)ccc3-n3cnnn3)CO2)cc1. The first-order chi connectivity index (χ1) is 18.5. The van der Waals surface area contributed by atoms with Crippen molar-refractivity contribution >= 4 is 34.7 Å². The number of aromatic nitrogens is 4. The Bertz CT molecular complexity index is 1390. The lowest BCUT2D eigenvalue weighted by Gasteiger charge is -2.38. The number of hydrogen-bond donors (Lipinski definition) is 1. The van der Waals surface area contributed by atoms with Crippen LogP contribution in [0, 0.1) is 0 Å². The van der Waals surface area contributed by atoms with Crippen LogP contribution in [0.15, 0.2) is 79.1 Å². The van der Waals surface area contributed by atoms with Crippen LogP contribution in [-0.4, -0.2) is 56.5 Å². The van der Waals surface area contributed by atoms with Gasteiger partial charge in [-0.1, -0.05) is 41.9 Å². The summed E-state index contributed by atoms with van der Waals surface area (Å²) < 4.78 is 1.49. The molecule has 1 aliphatic heterocycles. The fourth-order valence-corrected chi connectivity index (χ4v) is 4.15. The Hall–Kier alpha value is -4.16. The number of rotatable bonds is 8. The van der Waals surface area contributed by atoms with Crippen LogP contribution in [0.3, 0.4) is 0 Å². The van der Waals surface area contributed by atoms with Crippen molar-refractivity contribution in [3.05, 3.63) is 95.3 Å². The van der Waals surface area contributed by atoms with Crippen LogP contribution in [-0.2, 0) is 20.9 Å². The van der Waals surface area contributed by atoms with E-state index in [0.29, 0.717) is 34.1 Å². The highest BCUT2D eigenvalue weighted by Gasteiger charge is 2.32. The molecular weight excluding hydrogens is 510 g/mol. The van der Waals surface area contributed by atoms with Gasteiger partial charge in [-0.05, 0) is 71.8 Å². The van der Waals surface area contributed by atoms with Crippen molar-refractivity contribution in [1.82, 2.24) is 25.3 Å². The van der Waals surface area contributed by atoms with Crippen LogP contribution in [0.25, 0.3) is 5.69 Å². The number of hydrogen-bond acceptors (Lipinski definition) is 9. The number of nitrogens with one attached hydrogen (secondary N) is 1. The minimum absolute atomic E-state index is 0.0126. The molecule has 1 N–H and O–H groups in total. The number of halogens is 1. The van der Waals surface area contributed by atoms with E-state index in [-0.39, 0.29) is 25.2 Å². The minimum atomic E-state index is -0.703. The molecule has 12 heteroatoms. The average molecular weight is 534 g/mol. The number of amides is 1. The zero-order valence-electron chi connectivity index (χ0n) is 20.4. The molecule has 11 nitrogen and oxygen atoms in total. The van der Waals surface area contributed by atoms with E-state index in [0.717, 1.165) is 5.56 Å². The van der Waals surface area contributed by atoms with Crippen molar-refractivity contribution in [2.75, 3.05) is 23.8 Å². The number of hydroxylamine groups is 3. The van der Waals surface area contributed by atoms with Gasteiger partial charge in [-0.2, -0.15) is 4.68 Å². The third-order valence-corrected chi connectivity index (χ3v) is 6.20. The predicted molar refractivity (Wildman–Crippen MR) is 139 cm³/mol. The number of carbonyl (C=O) groups excluding carboxylic acids is 2. The predicted octanol–water partition coefficient (Wildman–Crippen LogP) is 3.67. The molecular formula is C26H24ClN7O4. The smallest absolute Gasteiger partial charge is 0.244 e. The van der Waals surface area contributed by atoms with Crippen molar-refractivity contribution in [2.45, 2.75) is 19.4 Å². The van der Waals surface area contributed by atoms with Gasteiger partial charge in [0.2, 0.25) is 5.91 Å². The van der Waals surface area contributed by atoms with Crippen LogP contribution in [0.4, 0.5) is 11.4 Å². The van der Waals surface area contributed by atoms with Crippen LogP contribution in [0.1, 0.15) is 22.8 Å². The van der Waals surface area contributed by atoms with Gasteiger partial charge in [0.15, 0.2) is 19.2 Å². The van der Waals surface area contributed by atoms with Crippen molar-refractivity contribution in [3.8, 4) is 5.69 Å². The molecule has 3 aromatic carbocycles. The van der Waals surface area contributed by atoms with Crippen LogP contribution in [0.5, 0.6) is 0 Å². The second-order valence-corrected chi connectivity index (χ2v) is 8.96. The number of Topliss-reactive ketones (excluding diaryl/α,β-unsaturated/α-hetero) is 1. The normalized spacial score (nSPS) is 14.7. The molecule has 0 spiro atoms. The summed E-state index contributed by atoms with van der Waals surface area (Å²) in [4.78, 5) is 37.0. The molecule has 4 aromatic rings. The lowest BCUT2D eigenvalue weighted by molar-refractivity contribution is -0.279. The van der Waals surface area contributed by atoms with Crippen molar-refractivity contribution in [1.29, 1.82) is 0 Å². The van der Waals surface area contributed by atoms with Crippen LogP contribution < -0.4 is 10.4 Å². The van der Waals surface area contributed by atoms with E-state index in [1.807, 2.05) is 30.3 Å². The van der Waals surface area contributed by atoms with Gasteiger partial charge in [0.1, 0.15) is 12.4 Å². The molecule has 1 saturated heterocycles. The third-order valence-electron chi connectivity index (χ3n) is 5.96. The Morgan fingerprint density at radius 2 is 1.79 bits per heavy atom. The first-order valence-electron chi connectivity index (χ1n) is 11.8. The molecule has 0 radical (unpaired) electrons.